The summed E-state index contributed by atoms with van der Waals surface area (Å²) in [4.78, 5) is 11.4. The number of benzene rings is 1. The summed E-state index contributed by atoms with van der Waals surface area (Å²) in [6.07, 6.45) is 0. The van der Waals surface area contributed by atoms with E-state index in [9.17, 15) is 10.0 Å². The topological polar surface area (TPSA) is 52.6 Å². The maximum atomic E-state index is 11.4. The van der Waals surface area contributed by atoms with Crippen molar-refractivity contribution in [2.45, 2.75) is 10.8 Å². The zero-order valence-corrected chi connectivity index (χ0v) is 10.5. The van der Waals surface area contributed by atoms with E-state index in [2.05, 4.69) is 0 Å². The molecule has 0 aliphatic heterocycles. The van der Waals surface area contributed by atoms with Gasteiger partial charge < -0.3 is 0 Å². The number of hydrogen-bond donors (Lipinski definition) is 2. The molecule has 0 spiro atoms. The first-order chi connectivity index (χ1) is 7.29. The molecular formula is C9H9Cl3N2O2. The fraction of sp³-hybridized carbons (Fsp3) is 0.222. The van der Waals surface area contributed by atoms with Crippen LogP contribution in [0.3, 0.4) is 0 Å². The Morgan fingerprint density at radius 3 is 2.56 bits per heavy atom. The molecule has 2 N–H and O–H groups in total. The number of alkyl halides is 3. The first-order valence-corrected chi connectivity index (χ1v) is 5.37. The van der Waals surface area contributed by atoms with Crippen LogP contribution in [0.5, 0.6) is 0 Å². The molecule has 0 saturated heterocycles. The second-order valence-electron chi connectivity index (χ2n) is 3.08. The van der Waals surface area contributed by atoms with Crippen LogP contribution < -0.4 is 10.4 Å². The van der Waals surface area contributed by atoms with Crippen LogP contribution in [0, 0.1) is 6.92 Å². The number of rotatable bonds is 1. The molecule has 16 heavy (non-hydrogen) atoms. The van der Waals surface area contributed by atoms with Crippen molar-refractivity contribution in [2.24, 2.45) is 0 Å². The minimum atomic E-state index is -1.96. The Morgan fingerprint density at radius 2 is 2.06 bits per heavy atom. The largest absolute Gasteiger partial charge is 0.349 e. The average molecular weight is 284 g/mol. The number of urea groups is 1. The van der Waals surface area contributed by atoms with Gasteiger partial charge in [0.2, 0.25) is 0 Å². The third kappa shape index (κ3) is 4.06. The summed E-state index contributed by atoms with van der Waals surface area (Å²) in [6, 6.07) is 5.74. The quantitative estimate of drug-likeness (QED) is 0.360. The molecule has 0 heterocycles. The van der Waals surface area contributed by atoms with Crippen molar-refractivity contribution in [1.82, 2.24) is 5.32 Å². The van der Waals surface area contributed by atoms with E-state index in [1.54, 1.807) is 18.2 Å². The number of halogens is 3. The molecule has 0 saturated carbocycles. The van der Waals surface area contributed by atoms with E-state index in [0.717, 1.165) is 5.56 Å². The van der Waals surface area contributed by atoms with Gasteiger partial charge in [0.15, 0.2) is 0 Å². The number of carbonyl (C=O) groups excluding carboxylic acids is 1. The van der Waals surface area contributed by atoms with Crippen LogP contribution in [-0.2, 0) is 0 Å². The monoisotopic (exact) mass is 282 g/mol. The number of amides is 2. The third-order valence-electron chi connectivity index (χ3n) is 1.69. The number of hydrogen-bond acceptors (Lipinski definition) is 2. The number of anilines is 1. The fourth-order valence-electron chi connectivity index (χ4n) is 1.05. The van der Waals surface area contributed by atoms with Gasteiger partial charge in [-0.15, -0.1) is 0 Å². The van der Waals surface area contributed by atoms with Gasteiger partial charge in [0.1, 0.15) is 0 Å². The fourth-order valence-corrected chi connectivity index (χ4v) is 1.29. The molecule has 88 valence electrons. The summed E-state index contributed by atoms with van der Waals surface area (Å²) in [6.45, 7) is 1.82. The van der Waals surface area contributed by atoms with Gasteiger partial charge in [-0.05, 0) is 24.6 Å². The predicted molar refractivity (Wildman–Crippen MR) is 64.3 cm³/mol. The van der Waals surface area contributed by atoms with E-state index in [0.29, 0.717) is 5.06 Å². The lowest BCUT2D eigenvalue weighted by molar-refractivity contribution is 0.204. The second-order valence-corrected chi connectivity index (χ2v) is 5.36. The number of nitrogens with one attached hydrogen (secondary N) is 1. The van der Waals surface area contributed by atoms with Crippen molar-refractivity contribution in [1.29, 1.82) is 0 Å². The lowest BCUT2D eigenvalue weighted by Gasteiger charge is -2.19. The van der Waals surface area contributed by atoms with Gasteiger partial charge in [-0.3, -0.25) is 10.5 Å². The van der Waals surface area contributed by atoms with E-state index >= 15 is 0 Å². The molecule has 2 amide bonds. The molecular weight excluding hydrogens is 274 g/mol. The van der Waals surface area contributed by atoms with Crippen molar-refractivity contribution in [3.8, 4) is 0 Å². The van der Waals surface area contributed by atoms with Crippen LogP contribution in [0.25, 0.3) is 0 Å². The van der Waals surface area contributed by atoms with Crippen LogP contribution >= 0.6 is 34.8 Å². The van der Waals surface area contributed by atoms with E-state index in [1.807, 2.05) is 18.3 Å². The van der Waals surface area contributed by atoms with Gasteiger partial charge in [0.25, 0.3) is 3.92 Å². The van der Waals surface area contributed by atoms with E-state index in [-0.39, 0.29) is 5.69 Å². The van der Waals surface area contributed by atoms with E-state index in [1.165, 1.54) is 0 Å². The van der Waals surface area contributed by atoms with E-state index in [4.69, 9.17) is 34.8 Å². The second kappa shape index (κ2) is 5.10. The van der Waals surface area contributed by atoms with Crippen LogP contribution in [0.2, 0.25) is 0 Å². The smallest absolute Gasteiger partial charge is 0.291 e. The summed E-state index contributed by atoms with van der Waals surface area (Å²) in [5.41, 5.74) is 1.17. The molecule has 0 radical (unpaired) electrons. The van der Waals surface area contributed by atoms with Gasteiger partial charge in [0.05, 0.1) is 5.69 Å². The van der Waals surface area contributed by atoms with Crippen molar-refractivity contribution in [3.05, 3.63) is 29.8 Å². The molecule has 0 fully saturated rings. The molecule has 1 aromatic carbocycles. The number of nitrogens with zero attached hydrogens (tertiary/aromatic N) is 1. The Morgan fingerprint density at radius 1 is 1.44 bits per heavy atom. The molecule has 1 rings (SSSR count). The summed E-state index contributed by atoms with van der Waals surface area (Å²) in [5, 5.41) is 11.9. The maximum Gasteiger partial charge on any atom is 0.349 e. The standard InChI is InChI=1S/C9H9Cl3N2O2/c1-6-3-2-4-7(5-6)14(16)8(15)13-9(10,11)12/h2-5,16H,1H3,(H,13,15). The summed E-state index contributed by atoms with van der Waals surface area (Å²) in [5.74, 6) is 0. The highest BCUT2D eigenvalue weighted by Gasteiger charge is 2.25. The summed E-state index contributed by atoms with van der Waals surface area (Å²) >= 11 is 16.1. The Kier molecular flexibility index (Phi) is 4.27. The van der Waals surface area contributed by atoms with Crippen molar-refractivity contribution in [2.75, 3.05) is 5.06 Å². The van der Waals surface area contributed by atoms with E-state index < -0.39 is 9.95 Å². The summed E-state index contributed by atoms with van der Waals surface area (Å²) < 4.78 is -1.96. The van der Waals surface area contributed by atoms with Crippen LogP contribution in [0.1, 0.15) is 5.56 Å². The highest BCUT2D eigenvalue weighted by molar-refractivity contribution is 6.67. The Labute approximate surface area is 108 Å². The Hall–Kier alpha value is -0.680. The molecule has 0 unspecified atom stereocenters. The molecule has 0 aromatic heterocycles. The number of aryl methyl sites for hydroxylation is 1. The first-order valence-electron chi connectivity index (χ1n) is 4.24. The van der Waals surface area contributed by atoms with Gasteiger partial charge in [0, 0.05) is 0 Å². The van der Waals surface area contributed by atoms with Crippen molar-refractivity contribution in [3.63, 3.8) is 0 Å². The highest BCUT2D eigenvalue weighted by Crippen LogP contribution is 2.23. The predicted octanol–water partition coefficient (Wildman–Crippen LogP) is 3.23. The zero-order chi connectivity index (χ0) is 12.3. The number of hydroxylamine groups is 1. The molecule has 7 heteroatoms. The molecule has 0 bridgehead atoms. The maximum absolute atomic E-state index is 11.4. The summed E-state index contributed by atoms with van der Waals surface area (Å²) in [7, 11) is 0. The van der Waals surface area contributed by atoms with Crippen molar-refractivity contribution >= 4 is 46.5 Å². The molecule has 4 nitrogen and oxygen atoms in total. The Bertz CT molecular complexity index is 393. The molecule has 1 aromatic rings. The lowest BCUT2D eigenvalue weighted by Crippen LogP contribution is -2.43. The van der Waals surface area contributed by atoms with Gasteiger partial charge in [-0.2, -0.15) is 5.06 Å². The van der Waals surface area contributed by atoms with Crippen molar-refractivity contribution < 1.29 is 10.0 Å². The lowest BCUT2D eigenvalue weighted by atomic mass is 10.2. The molecule has 0 aliphatic rings. The Balaban J connectivity index is 2.78. The highest BCUT2D eigenvalue weighted by atomic mass is 35.6. The van der Waals surface area contributed by atoms with Crippen LogP contribution in [-0.4, -0.2) is 15.2 Å². The number of carbonyl (C=O) groups is 1. The molecule has 0 atom stereocenters. The van der Waals surface area contributed by atoms with Gasteiger partial charge >= 0.3 is 6.03 Å². The van der Waals surface area contributed by atoms with Gasteiger partial charge in [-0.1, -0.05) is 46.9 Å². The van der Waals surface area contributed by atoms with Crippen LogP contribution in [0.4, 0.5) is 10.5 Å². The third-order valence-corrected chi connectivity index (χ3v) is 1.97. The minimum Gasteiger partial charge on any atom is -0.291 e. The zero-order valence-electron chi connectivity index (χ0n) is 8.25. The molecule has 0 aliphatic carbocycles. The van der Waals surface area contributed by atoms with Crippen LogP contribution in [0.15, 0.2) is 24.3 Å². The van der Waals surface area contributed by atoms with Gasteiger partial charge in [-0.25, -0.2) is 4.79 Å². The normalized spacial score (nSPS) is 11.1. The first kappa shape index (κ1) is 13.4. The SMILES string of the molecule is Cc1cccc(N(O)C(=O)NC(Cl)(Cl)Cl)c1. The minimum absolute atomic E-state index is 0.284. The average Bonchev–Trinajstić information content (AvgIpc) is 2.14.